The van der Waals surface area contributed by atoms with Gasteiger partial charge in [0.15, 0.2) is 0 Å². The lowest BCUT2D eigenvalue weighted by Crippen LogP contribution is -2.42. The Bertz CT molecular complexity index is 253. The van der Waals surface area contributed by atoms with E-state index in [2.05, 4.69) is 24.1 Å². The zero-order valence-corrected chi connectivity index (χ0v) is 12.0. The number of hydrogen-bond acceptors (Lipinski definition) is 4. The van der Waals surface area contributed by atoms with E-state index < -0.39 is 0 Å². The lowest BCUT2D eigenvalue weighted by atomic mass is 10.2. The van der Waals surface area contributed by atoms with E-state index in [0.717, 1.165) is 19.6 Å². The number of nitrogens with one attached hydrogen (secondary N) is 1. The van der Waals surface area contributed by atoms with Gasteiger partial charge < -0.3 is 15.0 Å². The average molecular weight is 258 g/mol. The summed E-state index contributed by atoms with van der Waals surface area (Å²) in [4.78, 5) is 24.9. The van der Waals surface area contributed by atoms with Crippen LogP contribution in [0.5, 0.6) is 0 Å². The van der Waals surface area contributed by atoms with Gasteiger partial charge in [-0.1, -0.05) is 13.8 Å². The van der Waals surface area contributed by atoms with E-state index in [-0.39, 0.29) is 30.8 Å². The number of rotatable bonds is 9. The molecule has 0 saturated heterocycles. The zero-order valence-electron chi connectivity index (χ0n) is 12.0. The molecule has 0 saturated carbocycles. The molecule has 1 unspecified atom stereocenters. The number of amides is 1. The van der Waals surface area contributed by atoms with Crippen molar-refractivity contribution in [3.63, 3.8) is 0 Å². The summed E-state index contributed by atoms with van der Waals surface area (Å²) in [5, 5.41) is 2.89. The first-order valence-corrected chi connectivity index (χ1v) is 6.70. The maximum Gasteiger partial charge on any atom is 0.306 e. The first-order valence-electron chi connectivity index (χ1n) is 6.70. The summed E-state index contributed by atoms with van der Waals surface area (Å²) in [6, 6.07) is 0.0968. The van der Waals surface area contributed by atoms with Crippen LogP contribution in [-0.4, -0.2) is 49.1 Å². The fourth-order valence-electron chi connectivity index (χ4n) is 1.71. The second-order valence-corrected chi connectivity index (χ2v) is 4.26. The molecule has 1 amide bonds. The van der Waals surface area contributed by atoms with Crippen LogP contribution in [0.25, 0.3) is 0 Å². The van der Waals surface area contributed by atoms with Crippen molar-refractivity contribution in [3.05, 3.63) is 0 Å². The number of carbonyl (C=O) groups is 2. The van der Waals surface area contributed by atoms with E-state index >= 15 is 0 Å². The van der Waals surface area contributed by atoms with Crippen LogP contribution < -0.4 is 5.32 Å². The van der Waals surface area contributed by atoms with Gasteiger partial charge in [0.2, 0.25) is 5.91 Å². The SMILES string of the molecule is CCOC(=O)CCC(=O)NC(C)CN(CC)CC. The molecule has 1 N–H and O–H groups in total. The average Bonchev–Trinajstić information content (AvgIpc) is 2.33. The predicted molar refractivity (Wildman–Crippen MR) is 71.3 cm³/mol. The van der Waals surface area contributed by atoms with Gasteiger partial charge in [0.1, 0.15) is 0 Å². The minimum atomic E-state index is -0.316. The van der Waals surface area contributed by atoms with Crippen LogP contribution in [0.15, 0.2) is 0 Å². The van der Waals surface area contributed by atoms with Crippen molar-refractivity contribution < 1.29 is 14.3 Å². The molecule has 106 valence electrons. The zero-order chi connectivity index (χ0) is 14.0. The van der Waals surface area contributed by atoms with E-state index in [1.165, 1.54) is 0 Å². The molecule has 0 aromatic carbocycles. The Morgan fingerprint density at radius 1 is 1.17 bits per heavy atom. The Balaban J connectivity index is 3.83. The summed E-state index contributed by atoms with van der Waals surface area (Å²) >= 11 is 0. The topological polar surface area (TPSA) is 58.6 Å². The third-order valence-electron chi connectivity index (χ3n) is 2.70. The fraction of sp³-hybridized carbons (Fsp3) is 0.846. The van der Waals surface area contributed by atoms with Crippen LogP contribution in [0.4, 0.5) is 0 Å². The molecular formula is C13H26N2O3. The van der Waals surface area contributed by atoms with Crippen LogP contribution in [0, 0.1) is 0 Å². The highest BCUT2D eigenvalue weighted by molar-refractivity contribution is 5.81. The first kappa shape index (κ1) is 16.9. The van der Waals surface area contributed by atoms with E-state index in [9.17, 15) is 9.59 Å². The third kappa shape index (κ3) is 8.06. The quantitative estimate of drug-likeness (QED) is 0.631. The molecule has 5 heteroatoms. The molecular weight excluding hydrogens is 232 g/mol. The van der Waals surface area contributed by atoms with Crippen LogP contribution in [0.2, 0.25) is 0 Å². The smallest absolute Gasteiger partial charge is 0.306 e. The van der Waals surface area contributed by atoms with Crippen LogP contribution in [0.3, 0.4) is 0 Å². The molecule has 0 aliphatic heterocycles. The summed E-state index contributed by atoms with van der Waals surface area (Å²) in [7, 11) is 0. The molecule has 0 radical (unpaired) electrons. The summed E-state index contributed by atoms with van der Waals surface area (Å²) in [6.45, 7) is 11.1. The highest BCUT2D eigenvalue weighted by Crippen LogP contribution is 1.96. The normalized spacial score (nSPS) is 12.3. The largest absolute Gasteiger partial charge is 0.466 e. The number of likely N-dealkylation sites (N-methyl/N-ethyl adjacent to an activating group) is 1. The van der Waals surface area contributed by atoms with E-state index in [1.54, 1.807) is 6.92 Å². The summed E-state index contributed by atoms with van der Waals surface area (Å²) in [5.41, 5.74) is 0. The maximum atomic E-state index is 11.6. The summed E-state index contributed by atoms with van der Waals surface area (Å²) in [6.07, 6.45) is 0.346. The second-order valence-electron chi connectivity index (χ2n) is 4.26. The van der Waals surface area contributed by atoms with E-state index in [1.807, 2.05) is 6.92 Å². The Morgan fingerprint density at radius 3 is 2.28 bits per heavy atom. The van der Waals surface area contributed by atoms with Gasteiger partial charge in [0.05, 0.1) is 13.0 Å². The van der Waals surface area contributed by atoms with Gasteiger partial charge in [-0.3, -0.25) is 9.59 Å². The molecule has 0 spiro atoms. The standard InChI is InChI=1S/C13H26N2O3/c1-5-15(6-2)10-11(4)14-12(16)8-9-13(17)18-7-3/h11H,5-10H2,1-4H3,(H,14,16). The molecule has 0 aromatic heterocycles. The van der Waals surface area contributed by atoms with Crippen molar-refractivity contribution in [3.8, 4) is 0 Å². The first-order chi connectivity index (χ1) is 8.53. The molecule has 0 rings (SSSR count). The molecule has 5 nitrogen and oxygen atoms in total. The minimum absolute atomic E-state index is 0.0947. The number of ether oxygens (including phenoxy) is 1. The Hall–Kier alpha value is -1.10. The molecule has 0 fully saturated rings. The lowest BCUT2D eigenvalue weighted by Gasteiger charge is -2.23. The van der Waals surface area contributed by atoms with Crippen LogP contribution in [0.1, 0.15) is 40.5 Å². The van der Waals surface area contributed by atoms with Crippen molar-refractivity contribution in [2.24, 2.45) is 0 Å². The van der Waals surface area contributed by atoms with Gasteiger partial charge in [-0.05, 0) is 26.9 Å². The predicted octanol–water partition coefficient (Wildman–Crippen LogP) is 1.18. The van der Waals surface area contributed by atoms with Gasteiger partial charge in [0.25, 0.3) is 0 Å². The van der Waals surface area contributed by atoms with Crippen molar-refractivity contribution in [1.29, 1.82) is 0 Å². The molecule has 0 bridgehead atoms. The molecule has 0 aromatic rings. The Labute approximate surface area is 110 Å². The molecule has 0 aliphatic carbocycles. The van der Waals surface area contributed by atoms with E-state index in [4.69, 9.17) is 4.74 Å². The Kier molecular flexibility index (Phi) is 9.28. The van der Waals surface area contributed by atoms with Crippen LogP contribution in [-0.2, 0) is 14.3 Å². The highest BCUT2D eigenvalue weighted by atomic mass is 16.5. The minimum Gasteiger partial charge on any atom is -0.466 e. The summed E-state index contributed by atoms with van der Waals surface area (Å²) < 4.78 is 4.77. The van der Waals surface area contributed by atoms with Gasteiger partial charge in [-0.2, -0.15) is 0 Å². The van der Waals surface area contributed by atoms with E-state index in [0.29, 0.717) is 6.61 Å². The van der Waals surface area contributed by atoms with Crippen LogP contribution >= 0.6 is 0 Å². The lowest BCUT2D eigenvalue weighted by molar-refractivity contribution is -0.144. The molecule has 1 atom stereocenters. The Morgan fingerprint density at radius 2 is 1.78 bits per heavy atom. The fourth-order valence-corrected chi connectivity index (χ4v) is 1.71. The molecule has 0 aliphatic rings. The monoisotopic (exact) mass is 258 g/mol. The van der Waals surface area contributed by atoms with Gasteiger partial charge in [0, 0.05) is 19.0 Å². The van der Waals surface area contributed by atoms with Crippen molar-refractivity contribution in [2.75, 3.05) is 26.2 Å². The van der Waals surface area contributed by atoms with Gasteiger partial charge in [-0.25, -0.2) is 0 Å². The van der Waals surface area contributed by atoms with Crippen molar-refractivity contribution >= 4 is 11.9 Å². The third-order valence-corrected chi connectivity index (χ3v) is 2.70. The number of nitrogens with zero attached hydrogens (tertiary/aromatic N) is 1. The van der Waals surface area contributed by atoms with Crippen molar-refractivity contribution in [2.45, 2.75) is 46.6 Å². The second kappa shape index (κ2) is 9.88. The molecule has 18 heavy (non-hydrogen) atoms. The maximum absolute atomic E-state index is 11.6. The summed E-state index contributed by atoms with van der Waals surface area (Å²) in [5.74, 6) is -0.410. The number of hydrogen-bond donors (Lipinski definition) is 1. The number of esters is 1. The number of carbonyl (C=O) groups excluding carboxylic acids is 2. The molecule has 0 heterocycles. The van der Waals surface area contributed by atoms with Gasteiger partial charge >= 0.3 is 5.97 Å². The highest BCUT2D eigenvalue weighted by Gasteiger charge is 2.12. The van der Waals surface area contributed by atoms with Crippen molar-refractivity contribution in [1.82, 2.24) is 10.2 Å². The van der Waals surface area contributed by atoms with Gasteiger partial charge in [-0.15, -0.1) is 0 Å².